The van der Waals surface area contributed by atoms with E-state index in [0.717, 1.165) is 41.2 Å². The third-order valence-corrected chi connectivity index (χ3v) is 5.02. The lowest BCUT2D eigenvalue weighted by molar-refractivity contribution is -0.140. The molecule has 1 fully saturated rings. The van der Waals surface area contributed by atoms with Gasteiger partial charge in [-0.15, -0.1) is 35.3 Å². The van der Waals surface area contributed by atoms with Crippen LogP contribution in [0.4, 0.5) is 19.0 Å². The number of halogens is 4. The van der Waals surface area contributed by atoms with Gasteiger partial charge in [-0.1, -0.05) is 0 Å². The lowest BCUT2D eigenvalue weighted by Crippen LogP contribution is -2.36. The Hall–Kier alpha value is -1.63. The first-order valence-corrected chi connectivity index (χ1v) is 9.49. The highest BCUT2D eigenvalue weighted by Gasteiger charge is 2.33. The van der Waals surface area contributed by atoms with Gasteiger partial charge >= 0.3 is 6.18 Å². The van der Waals surface area contributed by atoms with Crippen LogP contribution in [0.3, 0.4) is 0 Å². The van der Waals surface area contributed by atoms with Gasteiger partial charge in [0.2, 0.25) is 0 Å². The smallest absolute Gasteiger partial charge is 0.357 e. The summed E-state index contributed by atoms with van der Waals surface area (Å²) in [7, 11) is 1.61. The van der Waals surface area contributed by atoms with E-state index in [9.17, 15) is 13.2 Å². The number of thiazole rings is 1. The lowest BCUT2D eigenvalue weighted by Gasteiger charge is -2.17. The van der Waals surface area contributed by atoms with Crippen molar-refractivity contribution < 1.29 is 13.2 Å². The van der Waals surface area contributed by atoms with Gasteiger partial charge in [0.05, 0.1) is 6.54 Å². The number of guanidine groups is 1. The first-order valence-electron chi connectivity index (χ1n) is 8.61. The Kier molecular flexibility index (Phi) is 8.28. The van der Waals surface area contributed by atoms with E-state index in [1.807, 2.05) is 12.1 Å². The Bertz CT molecular complexity index is 789. The molecule has 0 radical (unpaired) electrons. The minimum absolute atomic E-state index is 0. The summed E-state index contributed by atoms with van der Waals surface area (Å²) < 4.78 is 37.8. The average molecular weight is 526 g/mol. The largest absolute Gasteiger partial charge is 0.434 e. The maximum absolute atomic E-state index is 12.6. The van der Waals surface area contributed by atoms with Crippen molar-refractivity contribution in [1.82, 2.24) is 20.6 Å². The van der Waals surface area contributed by atoms with E-state index in [2.05, 4.69) is 30.5 Å². The van der Waals surface area contributed by atoms with Gasteiger partial charge < -0.3 is 15.5 Å². The number of nitrogens with one attached hydrogen (secondary N) is 2. The zero-order valence-electron chi connectivity index (χ0n) is 15.3. The quantitative estimate of drug-likeness (QED) is 0.354. The Morgan fingerprint density at radius 1 is 1.25 bits per heavy atom. The predicted molar refractivity (Wildman–Crippen MR) is 115 cm³/mol. The van der Waals surface area contributed by atoms with E-state index in [4.69, 9.17) is 0 Å². The predicted octanol–water partition coefficient (Wildman–Crippen LogP) is 3.64. The van der Waals surface area contributed by atoms with Crippen LogP contribution >= 0.6 is 35.3 Å². The van der Waals surface area contributed by atoms with Crippen LogP contribution in [0.2, 0.25) is 0 Å². The fraction of sp³-hybridized carbons (Fsp3) is 0.471. The van der Waals surface area contributed by atoms with Gasteiger partial charge in [-0.05, 0) is 30.5 Å². The molecule has 1 aliphatic heterocycles. The van der Waals surface area contributed by atoms with E-state index in [1.165, 1.54) is 12.8 Å². The standard InChI is InChI=1S/C17H21F3N6S.HI/c1-21-16(24-10-15-25-13(11-27-15)17(18,19)20)23-9-12-4-5-22-14(8-12)26-6-2-3-7-26;/h4-5,8,11H,2-3,6-7,9-10H2,1H3,(H2,21,23,24);1H. The van der Waals surface area contributed by atoms with Crippen LogP contribution in [-0.4, -0.2) is 36.1 Å². The molecule has 0 saturated carbocycles. The fourth-order valence-corrected chi connectivity index (χ4v) is 3.52. The molecule has 2 N–H and O–H groups in total. The van der Waals surface area contributed by atoms with Gasteiger partial charge in [0, 0.05) is 38.3 Å². The highest BCUT2D eigenvalue weighted by molar-refractivity contribution is 14.0. The first kappa shape index (κ1) is 22.7. The summed E-state index contributed by atoms with van der Waals surface area (Å²) in [5, 5.41) is 7.51. The van der Waals surface area contributed by atoms with Crippen LogP contribution in [0.5, 0.6) is 0 Å². The molecule has 0 aliphatic carbocycles. The molecular formula is C17H22F3IN6S. The number of hydrogen-bond donors (Lipinski definition) is 2. The van der Waals surface area contributed by atoms with Gasteiger partial charge in [0.15, 0.2) is 11.7 Å². The van der Waals surface area contributed by atoms with Gasteiger partial charge in [-0.2, -0.15) is 13.2 Å². The average Bonchev–Trinajstić information content (AvgIpc) is 3.34. The highest BCUT2D eigenvalue weighted by atomic mass is 127. The number of aromatic nitrogens is 2. The number of nitrogens with zero attached hydrogens (tertiary/aromatic N) is 4. The van der Waals surface area contributed by atoms with Crippen LogP contribution < -0.4 is 15.5 Å². The van der Waals surface area contributed by atoms with Gasteiger partial charge in [-0.3, -0.25) is 4.99 Å². The van der Waals surface area contributed by atoms with Crippen molar-refractivity contribution in [2.45, 2.75) is 32.1 Å². The minimum Gasteiger partial charge on any atom is -0.357 e. The minimum atomic E-state index is -4.41. The van der Waals surface area contributed by atoms with Crippen LogP contribution in [0, 0.1) is 0 Å². The number of pyridine rings is 1. The molecule has 28 heavy (non-hydrogen) atoms. The molecule has 154 valence electrons. The van der Waals surface area contributed by atoms with Gasteiger partial charge in [0.1, 0.15) is 10.8 Å². The second-order valence-corrected chi connectivity index (χ2v) is 7.06. The summed E-state index contributed by atoms with van der Waals surface area (Å²) in [6.07, 6.45) is -0.251. The van der Waals surface area contributed by atoms with Crippen molar-refractivity contribution >= 4 is 47.1 Å². The monoisotopic (exact) mass is 526 g/mol. The van der Waals surface area contributed by atoms with E-state index < -0.39 is 11.9 Å². The van der Waals surface area contributed by atoms with E-state index in [-0.39, 0.29) is 30.5 Å². The Morgan fingerprint density at radius 2 is 1.96 bits per heavy atom. The molecule has 0 aromatic carbocycles. The number of hydrogen-bond acceptors (Lipinski definition) is 5. The molecule has 3 rings (SSSR count). The van der Waals surface area contributed by atoms with Crippen molar-refractivity contribution in [2.24, 2.45) is 4.99 Å². The molecule has 0 unspecified atom stereocenters. The normalized spacial score (nSPS) is 14.7. The third-order valence-electron chi connectivity index (χ3n) is 4.17. The van der Waals surface area contributed by atoms with Crippen LogP contribution in [0.25, 0.3) is 0 Å². The summed E-state index contributed by atoms with van der Waals surface area (Å²) >= 11 is 0.969. The fourth-order valence-electron chi connectivity index (χ4n) is 2.78. The van der Waals surface area contributed by atoms with E-state index >= 15 is 0 Å². The molecule has 0 amide bonds. The molecule has 2 aromatic rings. The van der Waals surface area contributed by atoms with Crippen molar-refractivity contribution in [1.29, 1.82) is 0 Å². The Labute approximate surface area is 182 Å². The van der Waals surface area contributed by atoms with Crippen LogP contribution in [0.15, 0.2) is 28.7 Å². The summed E-state index contributed by atoms with van der Waals surface area (Å²) in [4.78, 5) is 14.4. The molecule has 1 saturated heterocycles. The first-order chi connectivity index (χ1) is 13.0. The highest BCUT2D eigenvalue weighted by Crippen LogP contribution is 2.29. The van der Waals surface area contributed by atoms with Crippen molar-refractivity contribution in [2.75, 3.05) is 25.0 Å². The maximum atomic E-state index is 12.6. The molecule has 0 spiro atoms. The molecule has 0 atom stereocenters. The molecule has 1 aliphatic rings. The van der Waals surface area contributed by atoms with Crippen molar-refractivity contribution in [3.05, 3.63) is 40.0 Å². The molecule has 3 heterocycles. The second-order valence-electron chi connectivity index (χ2n) is 6.12. The summed E-state index contributed by atoms with van der Waals surface area (Å²) in [6.45, 7) is 2.77. The topological polar surface area (TPSA) is 65.4 Å². The SMILES string of the molecule is CN=C(NCc1ccnc(N2CCCC2)c1)NCc1nc(C(F)(F)F)cs1.I. The number of anilines is 1. The summed E-state index contributed by atoms with van der Waals surface area (Å²) in [6, 6.07) is 3.97. The van der Waals surface area contributed by atoms with E-state index in [1.54, 1.807) is 13.2 Å². The van der Waals surface area contributed by atoms with Crippen LogP contribution in [-0.2, 0) is 19.3 Å². The lowest BCUT2D eigenvalue weighted by atomic mass is 10.2. The molecule has 6 nitrogen and oxygen atoms in total. The van der Waals surface area contributed by atoms with Crippen molar-refractivity contribution in [3.8, 4) is 0 Å². The van der Waals surface area contributed by atoms with E-state index in [0.29, 0.717) is 17.5 Å². The summed E-state index contributed by atoms with van der Waals surface area (Å²) in [5.74, 6) is 1.47. The second kappa shape index (κ2) is 10.2. The zero-order valence-corrected chi connectivity index (χ0v) is 18.4. The Morgan fingerprint density at radius 3 is 2.61 bits per heavy atom. The maximum Gasteiger partial charge on any atom is 0.434 e. The third kappa shape index (κ3) is 6.19. The Balaban J connectivity index is 0.00000280. The number of rotatable bonds is 5. The van der Waals surface area contributed by atoms with Gasteiger partial charge in [0.25, 0.3) is 0 Å². The number of alkyl halides is 3. The molecule has 0 bridgehead atoms. The summed E-state index contributed by atoms with van der Waals surface area (Å²) in [5.41, 5.74) is 0.196. The van der Waals surface area contributed by atoms with Crippen molar-refractivity contribution in [3.63, 3.8) is 0 Å². The molecular weight excluding hydrogens is 504 g/mol. The van der Waals surface area contributed by atoms with Crippen LogP contribution in [0.1, 0.15) is 29.1 Å². The van der Waals surface area contributed by atoms with Gasteiger partial charge in [-0.25, -0.2) is 9.97 Å². The molecule has 11 heteroatoms. The zero-order chi connectivity index (χ0) is 19.3. The molecule has 2 aromatic heterocycles. The number of aliphatic imine (C=N–C) groups is 1.